The number of halogens is 3. The minimum Gasteiger partial charge on any atom is -0.440 e. The van der Waals surface area contributed by atoms with Crippen molar-refractivity contribution in [2.75, 3.05) is 97.3 Å². The summed E-state index contributed by atoms with van der Waals surface area (Å²) in [5.41, 5.74) is -1.36. The number of H-pyrrole nitrogens is 1. The lowest BCUT2D eigenvalue weighted by Gasteiger charge is -2.15. The van der Waals surface area contributed by atoms with Crippen molar-refractivity contribution in [3.8, 4) is 11.3 Å². The number of anilines is 1. The van der Waals surface area contributed by atoms with Crippen LogP contribution in [0.1, 0.15) is 5.56 Å². The monoisotopic (exact) mass is 712 g/mol. The van der Waals surface area contributed by atoms with Crippen molar-refractivity contribution in [2.24, 2.45) is 0 Å². The molecule has 0 radical (unpaired) electrons. The van der Waals surface area contributed by atoms with Crippen molar-refractivity contribution in [3.63, 3.8) is 0 Å². The van der Waals surface area contributed by atoms with Crippen LogP contribution < -0.4 is 10.5 Å². The lowest BCUT2D eigenvalue weighted by molar-refractivity contribution is -0.137. The molecule has 50 heavy (non-hydrogen) atoms. The molecule has 4 rings (SSSR count). The number of hydrogen-bond acceptors (Lipinski definition) is 12. The molecule has 1 amide bonds. The van der Waals surface area contributed by atoms with Gasteiger partial charge in [-0.3, -0.25) is 9.69 Å². The number of fused-ring (bicyclic) bond motifs is 1. The van der Waals surface area contributed by atoms with E-state index in [1.54, 1.807) is 0 Å². The summed E-state index contributed by atoms with van der Waals surface area (Å²) in [5.74, 6) is 0. The summed E-state index contributed by atoms with van der Waals surface area (Å²) >= 11 is 0. The van der Waals surface area contributed by atoms with Gasteiger partial charge in [0.05, 0.1) is 84.8 Å². The molecule has 0 unspecified atom stereocenters. The number of nitrogens with zero attached hydrogens (tertiary/aromatic N) is 1. The summed E-state index contributed by atoms with van der Waals surface area (Å²) in [5, 5.41) is 9.12. The number of ether oxygens (including phenoxy) is 8. The Labute approximate surface area is 284 Å². The van der Waals surface area contributed by atoms with Crippen LogP contribution in [0, 0.1) is 0 Å². The fourth-order valence-corrected chi connectivity index (χ4v) is 4.78. The van der Waals surface area contributed by atoms with Gasteiger partial charge in [0.2, 0.25) is 0 Å². The van der Waals surface area contributed by atoms with Crippen LogP contribution in [-0.2, 0) is 44.1 Å². The maximum absolute atomic E-state index is 13.5. The van der Waals surface area contributed by atoms with E-state index >= 15 is 0 Å². The van der Waals surface area contributed by atoms with Gasteiger partial charge in [-0.25, -0.2) is 9.59 Å². The molecular weight excluding hydrogens is 673 g/mol. The minimum atomic E-state index is -4.61. The van der Waals surface area contributed by atoms with Crippen molar-refractivity contribution >= 4 is 28.7 Å². The van der Waals surface area contributed by atoms with E-state index in [1.807, 2.05) is 0 Å². The molecule has 0 saturated carbocycles. The molecule has 1 atom stereocenters. The van der Waals surface area contributed by atoms with Crippen LogP contribution in [0.4, 0.5) is 28.4 Å². The Hall–Kier alpha value is -4.26. The predicted molar refractivity (Wildman–Crippen MR) is 171 cm³/mol. The molecule has 2 heterocycles. The van der Waals surface area contributed by atoms with Gasteiger partial charge in [-0.15, -0.1) is 0 Å². The van der Waals surface area contributed by atoms with Crippen LogP contribution in [0.2, 0.25) is 0 Å². The molecular formula is C33H39F3N2O12. The number of benzene rings is 2. The molecule has 1 aromatic heterocycles. The van der Waals surface area contributed by atoms with Gasteiger partial charge in [0, 0.05) is 22.3 Å². The van der Waals surface area contributed by atoms with Crippen molar-refractivity contribution in [3.05, 3.63) is 64.4 Å². The van der Waals surface area contributed by atoms with Crippen molar-refractivity contribution in [2.45, 2.75) is 12.3 Å². The molecule has 0 aliphatic carbocycles. The molecule has 2 N–H and O–H groups in total. The SMILES string of the molecule is O=C(OCCOCCOCCOCCOCCOCCO)OC[C@@H]1CN(c2ccc3cc(-c4ccccc4C(F)(F)F)[nH]c(=O)c3c2)C(=O)O1. The maximum atomic E-state index is 13.5. The Kier molecular flexibility index (Phi) is 15.3. The molecule has 1 aliphatic rings. The van der Waals surface area contributed by atoms with Gasteiger partial charge in [0.1, 0.15) is 13.2 Å². The zero-order chi connectivity index (χ0) is 35.8. The van der Waals surface area contributed by atoms with E-state index in [4.69, 9.17) is 43.0 Å². The number of nitrogens with one attached hydrogen (secondary N) is 1. The van der Waals surface area contributed by atoms with E-state index in [0.29, 0.717) is 57.3 Å². The Morgan fingerprint density at radius 3 is 2.04 bits per heavy atom. The Morgan fingerprint density at radius 2 is 1.42 bits per heavy atom. The number of hydrogen-bond donors (Lipinski definition) is 2. The van der Waals surface area contributed by atoms with E-state index < -0.39 is 35.7 Å². The molecule has 1 aliphatic heterocycles. The summed E-state index contributed by atoms with van der Waals surface area (Å²) in [6.07, 6.45) is -7.13. The number of pyridine rings is 1. The summed E-state index contributed by atoms with van der Waals surface area (Å²) in [6.45, 7) is 3.08. The van der Waals surface area contributed by atoms with Crippen LogP contribution in [0.3, 0.4) is 0 Å². The van der Waals surface area contributed by atoms with E-state index in [-0.39, 0.29) is 62.8 Å². The van der Waals surface area contributed by atoms with Gasteiger partial charge in [0.15, 0.2) is 6.10 Å². The number of rotatable bonds is 21. The second kappa shape index (κ2) is 19.8. The van der Waals surface area contributed by atoms with Crippen LogP contribution >= 0.6 is 0 Å². The van der Waals surface area contributed by atoms with Crippen molar-refractivity contribution in [1.82, 2.24) is 4.98 Å². The number of amides is 1. The second-order valence-corrected chi connectivity index (χ2v) is 10.6. The molecule has 274 valence electrons. The lowest BCUT2D eigenvalue weighted by atomic mass is 10.0. The smallest absolute Gasteiger partial charge is 0.440 e. The molecule has 14 nitrogen and oxygen atoms in total. The Balaban J connectivity index is 1.10. The van der Waals surface area contributed by atoms with Crippen LogP contribution in [-0.4, -0.2) is 121 Å². The Bertz CT molecular complexity index is 1590. The second-order valence-electron chi connectivity index (χ2n) is 10.6. The quantitative estimate of drug-likeness (QED) is 0.122. The lowest BCUT2D eigenvalue weighted by Crippen LogP contribution is -2.27. The van der Waals surface area contributed by atoms with E-state index in [2.05, 4.69) is 4.98 Å². The summed E-state index contributed by atoms with van der Waals surface area (Å²) in [6, 6.07) is 10.9. The molecule has 0 bridgehead atoms. The highest BCUT2D eigenvalue weighted by Gasteiger charge is 2.35. The average molecular weight is 713 g/mol. The van der Waals surface area contributed by atoms with Crippen molar-refractivity contribution in [1.29, 1.82) is 0 Å². The normalized spacial score (nSPS) is 14.7. The van der Waals surface area contributed by atoms with E-state index in [1.165, 1.54) is 47.4 Å². The third-order valence-electron chi connectivity index (χ3n) is 7.10. The van der Waals surface area contributed by atoms with Crippen LogP contribution in [0.5, 0.6) is 0 Å². The Morgan fingerprint density at radius 1 is 0.820 bits per heavy atom. The van der Waals surface area contributed by atoms with Crippen LogP contribution in [0.25, 0.3) is 22.0 Å². The summed E-state index contributed by atoms with van der Waals surface area (Å²) in [7, 11) is 0. The third-order valence-corrected chi connectivity index (χ3v) is 7.10. The highest BCUT2D eigenvalue weighted by Crippen LogP contribution is 2.36. The number of aromatic nitrogens is 1. The van der Waals surface area contributed by atoms with Gasteiger partial charge in [0.25, 0.3) is 5.56 Å². The highest BCUT2D eigenvalue weighted by atomic mass is 19.4. The van der Waals surface area contributed by atoms with Crippen LogP contribution in [0.15, 0.2) is 53.3 Å². The first-order valence-electron chi connectivity index (χ1n) is 15.8. The average Bonchev–Trinajstić information content (AvgIpc) is 3.48. The molecule has 1 saturated heterocycles. The number of carbonyl (C=O) groups excluding carboxylic acids is 2. The summed E-state index contributed by atoms with van der Waals surface area (Å²) in [4.78, 5) is 41.2. The molecule has 17 heteroatoms. The standard InChI is InChI=1S/C33H39F3N2O12/c34-33(35,36)28-4-2-1-3-26(28)29-19-23-5-6-24(20-27(23)30(40)37-29)38-21-25(50-31(38)41)22-49-32(42)48-18-17-47-16-15-46-14-13-45-12-11-44-10-9-43-8-7-39/h1-6,19-20,25,39H,7-18,21-22H2,(H,37,40)/t25-/m0/s1. The van der Waals surface area contributed by atoms with Gasteiger partial charge in [-0.1, -0.05) is 24.3 Å². The first-order chi connectivity index (χ1) is 24.2. The fraction of sp³-hybridized carbons (Fsp3) is 0.485. The number of cyclic esters (lactones) is 1. The third kappa shape index (κ3) is 12.0. The zero-order valence-electron chi connectivity index (χ0n) is 27.1. The van der Waals surface area contributed by atoms with Gasteiger partial charge in [-0.2, -0.15) is 13.2 Å². The van der Waals surface area contributed by atoms with Gasteiger partial charge >= 0.3 is 18.4 Å². The number of aromatic amines is 1. The predicted octanol–water partition coefficient (Wildman–Crippen LogP) is 3.77. The first-order valence-corrected chi connectivity index (χ1v) is 15.8. The van der Waals surface area contributed by atoms with E-state index in [0.717, 1.165) is 6.07 Å². The largest absolute Gasteiger partial charge is 0.508 e. The molecule has 3 aromatic rings. The van der Waals surface area contributed by atoms with E-state index in [9.17, 15) is 27.6 Å². The number of carbonyl (C=O) groups is 2. The molecule has 2 aromatic carbocycles. The summed E-state index contributed by atoms with van der Waals surface area (Å²) < 4.78 is 82.3. The number of alkyl halides is 3. The zero-order valence-corrected chi connectivity index (χ0v) is 27.1. The highest BCUT2D eigenvalue weighted by molar-refractivity contribution is 5.94. The maximum Gasteiger partial charge on any atom is 0.508 e. The van der Waals surface area contributed by atoms with Crippen molar-refractivity contribution < 1.29 is 65.8 Å². The number of aliphatic hydroxyl groups excluding tert-OH is 1. The number of aliphatic hydroxyl groups is 1. The van der Waals surface area contributed by atoms with Gasteiger partial charge in [-0.05, 0) is 29.7 Å². The first kappa shape index (κ1) is 38.5. The minimum absolute atomic E-state index is 0.00285. The molecule has 0 spiro atoms. The molecule has 1 fully saturated rings. The van der Waals surface area contributed by atoms with Gasteiger partial charge < -0.3 is 48.0 Å². The topological polar surface area (TPSA) is 164 Å². The fourth-order valence-electron chi connectivity index (χ4n) is 4.78.